The van der Waals surface area contributed by atoms with E-state index in [2.05, 4.69) is 5.32 Å². The molecule has 0 saturated heterocycles. The summed E-state index contributed by atoms with van der Waals surface area (Å²) in [5, 5.41) is 11.3. The van der Waals surface area contributed by atoms with Crippen LogP contribution in [0.5, 0.6) is 0 Å². The van der Waals surface area contributed by atoms with Crippen molar-refractivity contribution in [2.24, 2.45) is 0 Å². The first kappa shape index (κ1) is 17.3. The van der Waals surface area contributed by atoms with E-state index < -0.39 is 36.2 Å². The molecule has 0 fully saturated rings. The van der Waals surface area contributed by atoms with Crippen LogP contribution in [-0.2, 0) is 20.8 Å². The number of amides is 3. The van der Waals surface area contributed by atoms with Crippen LogP contribution in [0.4, 0.5) is 0 Å². The average Bonchev–Trinajstić information content (AvgIpc) is 2.80. The molecule has 126 valence electrons. The lowest BCUT2D eigenvalue weighted by Crippen LogP contribution is -2.48. The van der Waals surface area contributed by atoms with Crippen LogP contribution >= 0.6 is 0 Å². The van der Waals surface area contributed by atoms with Gasteiger partial charge in [-0.3, -0.25) is 24.1 Å². The number of aldehydes is 1. The van der Waals surface area contributed by atoms with Gasteiger partial charge in [0, 0.05) is 13.5 Å². The van der Waals surface area contributed by atoms with Gasteiger partial charge in [-0.15, -0.1) is 0 Å². The zero-order valence-corrected chi connectivity index (χ0v) is 12.9. The maximum Gasteiger partial charge on any atom is 0.307 e. The Morgan fingerprint density at radius 3 is 2.58 bits per heavy atom. The molecule has 1 aromatic rings. The van der Waals surface area contributed by atoms with Crippen molar-refractivity contribution in [3.63, 3.8) is 0 Å². The number of nitrogens with zero attached hydrogens (tertiary/aromatic N) is 1. The van der Waals surface area contributed by atoms with Crippen molar-refractivity contribution >= 4 is 30.0 Å². The lowest BCUT2D eigenvalue weighted by atomic mass is 10.0. The van der Waals surface area contributed by atoms with Crippen LogP contribution in [0.25, 0.3) is 0 Å². The number of hydrogen-bond acceptors (Lipinski definition) is 5. The second kappa shape index (κ2) is 7.03. The van der Waals surface area contributed by atoms with E-state index in [1.165, 1.54) is 25.2 Å². The van der Waals surface area contributed by atoms with E-state index in [0.29, 0.717) is 6.29 Å². The third-order valence-electron chi connectivity index (χ3n) is 3.79. The van der Waals surface area contributed by atoms with Crippen LogP contribution < -0.4 is 5.32 Å². The highest BCUT2D eigenvalue weighted by molar-refractivity contribution is 6.23. The van der Waals surface area contributed by atoms with Crippen LogP contribution in [0.2, 0.25) is 0 Å². The summed E-state index contributed by atoms with van der Waals surface area (Å²) >= 11 is 0. The van der Waals surface area contributed by atoms with E-state index in [1.807, 2.05) is 0 Å². The molecule has 0 aromatic heterocycles. The number of fused-ring (bicyclic) bond motifs is 1. The first-order valence-electron chi connectivity index (χ1n) is 7.29. The molecule has 1 aromatic carbocycles. The molecule has 8 nitrogen and oxygen atoms in total. The fraction of sp³-hybridized carbons (Fsp3) is 0.312. The fourth-order valence-corrected chi connectivity index (χ4v) is 2.74. The average molecular weight is 332 g/mol. The second-order valence-corrected chi connectivity index (χ2v) is 5.26. The van der Waals surface area contributed by atoms with Crippen LogP contribution in [0.1, 0.15) is 39.1 Å². The topological polar surface area (TPSA) is 121 Å². The quantitative estimate of drug-likeness (QED) is 0.536. The summed E-state index contributed by atoms with van der Waals surface area (Å²) < 4.78 is 0. The number of carboxylic acid groups (broad SMARTS) is 1. The molecule has 1 heterocycles. The molecule has 0 spiro atoms. The standard InChI is InChI=1S/C16H16N2O6/c1-17-14(22)11(6-3-7-19)18-15(23)10-5-2-4-9(8-12(20)21)13(10)16(18)24/h2,4-5,7,11H,3,6,8H2,1H3,(H,17,22)(H,20,21). The molecule has 24 heavy (non-hydrogen) atoms. The fourth-order valence-electron chi connectivity index (χ4n) is 2.74. The third-order valence-corrected chi connectivity index (χ3v) is 3.79. The minimum atomic E-state index is -1.13. The van der Waals surface area contributed by atoms with Gasteiger partial charge in [0.15, 0.2) is 0 Å². The summed E-state index contributed by atoms with van der Waals surface area (Å²) in [4.78, 5) is 59.6. The summed E-state index contributed by atoms with van der Waals surface area (Å²) in [5.41, 5.74) is 0.288. The molecule has 2 N–H and O–H groups in total. The molecular weight excluding hydrogens is 316 g/mol. The Kier molecular flexibility index (Phi) is 5.08. The van der Waals surface area contributed by atoms with E-state index in [-0.39, 0.29) is 29.5 Å². The molecule has 8 heteroatoms. The molecule has 1 aliphatic heterocycles. The third kappa shape index (κ3) is 3.03. The summed E-state index contributed by atoms with van der Waals surface area (Å²) in [6.45, 7) is 0. The number of benzene rings is 1. The predicted molar refractivity (Wildman–Crippen MR) is 81.4 cm³/mol. The summed E-state index contributed by atoms with van der Waals surface area (Å²) in [6, 6.07) is 3.25. The van der Waals surface area contributed by atoms with Gasteiger partial charge >= 0.3 is 5.97 Å². The van der Waals surface area contributed by atoms with Gasteiger partial charge < -0.3 is 15.2 Å². The second-order valence-electron chi connectivity index (χ2n) is 5.26. The van der Waals surface area contributed by atoms with Crippen LogP contribution in [-0.4, -0.2) is 53.1 Å². The largest absolute Gasteiger partial charge is 0.481 e. The molecule has 3 amide bonds. The Balaban J connectivity index is 2.45. The monoisotopic (exact) mass is 332 g/mol. The van der Waals surface area contributed by atoms with Crippen LogP contribution in [0, 0.1) is 0 Å². The first-order chi connectivity index (χ1) is 11.4. The number of nitrogens with one attached hydrogen (secondary N) is 1. The Labute approximate surface area is 137 Å². The van der Waals surface area contributed by atoms with E-state index in [9.17, 15) is 24.0 Å². The van der Waals surface area contributed by atoms with Gasteiger partial charge in [-0.1, -0.05) is 12.1 Å². The maximum absolute atomic E-state index is 12.7. The van der Waals surface area contributed by atoms with Gasteiger partial charge in [0.25, 0.3) is 11.8 Å². The molecule has 0 radical (unpaired) electrons. The minimum absolute atomic E-state index is 0.00288. The molecule has 2 rings (SSSR count). The Morgan fingerprint density at radius 2 is 2.00 bits per heavy atom. The smallest absolute Gasteiger partial charge is 0.307 e. The zero-order chi connectivity index (χ0) is 17.9. The molecule has 0 saturated carbocycles. The number of aliphatic carboxylic acids is 1. The van der Waals surface area contributed by atoms with Crippen molar-refractivity contribution in [3.05, 3.63) is 34.9 Å². The highest BCUT2D eigenvalue weighted by atomic mass is 16.4. The van der Waals surface area contributed by atoms with Gasteiger partial charge in [0.1, 0.15) is 12.3 Å². The van der Waals surface area contributed by atoms with Crippen molar-refractivity contribution < 1.29 is 29.1 Å². The van der Waals surface area contributed by atoms with E-state index >= 15 is 0 Å². The van der Waals surface area contributed by atoms with Gasteiger partial charge in [-0.25, -0.2) is 0 Å². The van der Waals surface area contributed by atoms with Gasteiger partial charge in [0.05, 0.1) is 17.5 Å². The minimum Gasteiger partial charge on any atom is -0.481 e. The van der Waals surface area contributed by atoms with Crippen molar-refractivity contribution in [3.8, 4) is 0 Å². The number of carbonyl (C=O) groups excluding carboxylic acids is 4. The predicted octanol–water partition coefficient (Wildman–Crippen LogP) is 0.00340. The van der Waals surface area contributed by atoms with Crippen LogP contribution in [0.3, 0.4) is 0 Å². The number of imide groups is 1. The lowest BCUT2D eigenvalue weighted by Gasteiger charge is -2.24. The normalized spacial score (nSPS) is 14.3. The number of rotatable bonds is 7. The number of carbonyl (C=O) groups is 5. The maximum atomic E-state index is 12.7. The van der Waals surface area contributed by atoms with E-state index in [0.717, 1.165) is 4.90 Å². The number of hydrogen-bond donors (Lipinski definition) is 2. The summed E-state index contributed by atoms with van der Waals surface area (Å²) in [6.07, 6.45) is 0.204. The summed E-state index contributed by atoms with van der Waals surface area (Å²) in [7, 11) is 1.37. The molecule has 1 aliphatic rings. The molecular formula is C16H16N2O6. The van der Waals surface area contributed by atoms with Crippen molar-refractivity contribution in [2.45, 2.75) is 25.3 Å². The van der Waals surface area contributed by atoms with E-state index in [1.54, 1.807) is 0 Å². The van der Waals surface area contributed by atoms with E-state index in [4.69, 9.17) is 5.11 Å². The zero-order valence-electron chi connectivity index (χ0n) is 12.9. The number of carboxylic acids is 1. The van der Waals surface area contributed by atoms with Crippen molar-refractivity contribution in [1.82, 2.24) is 10.2 Å². The van der Waals surface area contributed by atoms with Crippen LogP contribution in [0.15, 0.2) is 18.2 Å². The number of likely N-dealkylation sites (N-methyl/N-ethyl adjacent to an activating group) is 1. The Hall–Kier alpha value is -3.03. The lowest BCUT2D eigenvalue weighted by molar-refractivity contribution is -0.136. The molecule has 0 bridgehead atoms. The first-order valence-corrected chi connectivity index (χ1v) is 7.29. The SMILES string of the molecule is CNC(=O)C(CCC=O)N1C(=O)c2cccc(CC(=O)O)c2C1=O. The van der Waals surface area contributed by atoms with Gasteiger partial charge in [-0.2, -0.15) is 0 Å². The Morgan fingerprint density at radius 1 is 1.29 bits per heavy atom. The molecule has 1 atom stereocenters. The van der Waals surface area contributed by atoms with Crippen molar-refractivity contribution in [2.75, 3.05) is 7.05 Å². The summed E-state index contributed by atoms with van der Waals surface area (Å²) in [5.74, 6) is -3.08. The highest BCUT2D eigenvalue weighted by Crippen LogP contribution is 2.29. The molecule has 1 unspecified atom stereocenters. The highest BCUT2D eigenvalue weighted by Gasteiger charge is 2.43. The van der Waals surface area contributed by atoms with Gasteiger partial charge in [-0.05, 0) is 18.1 Å². The Bertz CT molecular complexity index is 727. The van der Waals surface area contributed by atoms with Gasteiger partial charge in [0.2, 0.25) is 5.91 Å². The molecule has 0 aliphatic carbocycles. The van der Waals surface area contributed by atoms with Crippen molar-refractivity contribution in [1.29, 1.82) is 0 Å².